The first-order valence-corrected chi connectivity index (χ1v) is 6.86. The van der Waals surface area contributed by atoms with Crippen LogP contribution >= 0.6 is 0 Å². The third-order valence-electron chi connectivity index (χ3n) is 3.59. The minimum atomic E-state index is 0.616. The van der Waals surface area contributed by atoms with Gasteiger partial charge < -0.3 is 5.73 Å². The predicted molar refractivity (Wildman–Crippen MR) is 76.6 cm³/mol. The Bertz CT molecular complexity index is 341. The minimum Gasteiger partial charge on any atom is -0.330 e. The molecule has 0 saturated heterocycles. The molecule has 17 heavy (non-hydrogen) atoms. The molecule has 0 spiro atoms. The first kappa shape index (κ1) is 14.2. The Morgan fingerprint density at radius 2 is 1.82 bits per heavy atom. The van der Waals surface area contributed by atoms with Crippen LogP contribution in [-0.4, -0.2) is 6.54 Å². The molecule has 1 aromatic rings. The van der Waals surface area contributed by atoms with Crippen LogP contribution < -0.4 is 5.73 Å². The Balaban J connectivity index is 2.77. The maximum atomic E-state index is 5.55. The van der Waals surface area contributed by atoms with E-state index in [-0.39, 0.29) is 0 Å². The number of hydrogen-bond acceptors (Lipinski definition) is 1. The maximum Gasteiger partial charge on any atom is -0.00773 e. The molecule has 0 fully saturated rings. The van der Waals surface area contributed by atoms with Crippen LogP contribution in [0.1, 0.15) is 68.6 Å². The molecule has 1 aromatic carbocycles. The molecule has 0 aliphatic carbocycles. The third kappa shape index (κ3) is 4.16. The Morgan fingerprint density at radius 1 is 1.12 bits per heavy atom. The summed E-state index contributed by atoms with van der Waals surface area (Å²) < 4.78 is 0. The number of rotatable bonds is 6. The van der Waals surface area contributed by atoms with Gasteiger partial charge in [-0.15, -0.1) is 0 Å². The highest BCUT2D eigenvalue weighted by Gasteiger charge is 2.10. The van der Waals surface area contributed by atoms with E-state index >= 15 is 0 Å². The van der Waals surface area contributed by atoms with Gasteiger partial charge in [0, 0.05) is 0 Å². The summed E-state index contributed by atoms with van der Waals surface area (Å²) in [5.41, 5.74) is 9.95. The van der Waals surface area contributed by atoms with Crippen molar-refractivity contribution < 1.29 is 0 Å². The summed E-state index contributed by atoms with van der Waals surface area (Å²) in [4.78, 5) is 0. The smallest absolute Gasteiger partial charge is 0.00773 e. The zero-order valence-corrected chi connectivity index (χ0v) is 11.8. The van der Waals surface area contributed by atoms with Crippen molar-refractivity contribution in [3.63, 3.8) is 0 Å². The molecule has 0 saturated carbocycles. The molecule has 0 aliphatic heterocycles. The van der Waals surface area contributed by atoms with Gasteiger partial charge in [-0.05, 0) is 54.8 Å². The number of aryl methyl sites for hydroxylation is 1. The molecule has 0 bridgehead atoms. The first-order valence-electron chi connectivity index (χ1n) is 6.86. The summed E-state index contributed by atoms with van der Waals surface area (Å²) in [7, 11) is 0. The van der Waals surface area contributed by atoms with Gasteiger partial charge >= 0.3 is 0 Å². The van der Waals surface area contributed by atoms with Gasteiger partial charge in [0.25, 0.3) is 0 Å². The number of nitrogens with two attached hydrogens (primary N) is 1. The van der Waals surface area contributed by atoms with E-state index in [1.54, 1.807) is 0 Å². The number of unbranched alkanes of at least 4 members (excludes halogenated alkanes) is 1. The second-order valence-electron chi connectivity index (χ2n) is 5.46. The first-order chi connectivity index (χ1) is 8.06. The van der Waals surface area contributed by atoms with E-state index in [1.165, 1.54) is 29.5 Å². The largest absolute Gasteiger partial charge is 0.330 e. The van der Waals surface area contributed by atoms with E-state index in [4.69, 9.17) is 5.73 Å². The molecular formula is C16H27N. The summed E-state index contributed by atoms with van der Waals surface area (Å²) in [6.45, 7) is 9.89. The molecule has 1 nitrogen and oxygen atoms in total. The van der Waals surface area contributed by atoms with E-state index in [2.05, 4.69) is 45.9 Å². The molecule has 0 amide bonds. The van der Waals surface area contributed by atoms with Crippen molar-refractivity contribution in [2.75, 3.05) is 6.54 Å². The molecule has 1 heteroatoms. The van der Waals surface area contributed by atoms with Crippen LogP contribution in [-0.2, 0) is 0 Å². The van der Waals surface area contributed by atoms with E-state index in [1.807, 2.05) is 0 Å². The standard InChI is InChI=1S/C16H27N/c1-12(2)15-9-8-14(4)16(11-15)13(3)7-5-6-10-17/h8-9,11-13H,5-7,10,17H2,1-4H3. The van der Waals surface area contributed by atoms with E-state index in [9.17, 15) is 0 Å². The second-order valence-corrected chi connectivity index (χ2v) is 5.46. The molecular weight excluding hydrogens is 206 g/mol. The van der Waals surface area contributed by atoms with E-state index < -0.39 is 0 Å². The van der Waals surface area contributed by atoms with E-state index in [0.29, 0.717) is 11.8 Å². The predicted octanol–water partition coefficient (Wildman–Crippen LogP) is 4.35. The summed E-state index contributed by atoms with van der Waals surface area (Å²) in [5.74, 6) is 1.27. The number of benzene rings is 1. The molecule has 0 aromatic heterocycles. The van der Waals surface area contributed by atoms with Gasteiger partial charge in [0.2, 0.25) is 0 Å². The monoisotopic (exact) mass is 233 g/mol. The van der Waals surface area contributed by atoms with E-state index in [0.717, 1.165) is 13.0 Å². The van der Waals surface area contributed by atoms with Gasteiger partial charge in [0.1, 0.15) is 0 Å². The van der Waals surface area contributed by atoms with Crippen molar-refractivity contribution in [3.05, 3.63) is 34.9 Å². The highest BCUT2D eigenvalue weighted by atomic mass is 14.5. The van der Waals surface area contributed by atoms with Crippen molar-refractivity contribution in [2.45, 2.75) is 58.8 Å². The van der Waals surface area contributed by atoms with Crippen LogP contribution in [0.3, 0.4) is 0 Å². The zero-order valence-electron chi connectivity index (χ0n) is 11.8. The molecule has 1 unspecified atom stereocenters. The summed E-state index contributed by atoms with van der Waals surface area (Å²) in [6, 6.07) is 6.92. The van der Waals surface area contributed by atoms with Gasteiger partial charge in [0.05, 0.1) is 0 Å². The van der Waals surface area contributed by atoms with Crippen LogP contribution in [0.4, 0.5) is 0 Å². The SMILES string of the molecule is Cc1ccc(C(C)C)cc1C(C)CCCCN. The molecule has 96 valence electrons. The molecule has 1 rings (SSSR count). The van der Waals surface area contributed by atoms with Crippen molar-refractivity contribution in [1.82, 2.24) is 0 Å². The van der Waals surface area contributed by atoms with Crippen molar-refractivity contribution in [2.24, 2.45) is 5.73 Å². The lowest BCUT2D eigenvalue weighted by Gasteiger charge is -2.17. The quantitative estimate of drug-likeness (QED) is 0.726. The topological polar surface area (TPSA) is 26.0 Å². The highest BCUT2D eigenvalue weighted by molar-refractivity contribution is 5.34. The van der Waals surface area contributed by atoms with Crippen molar-refractivity contribution in [1.29, 1.82) is 0 Å². The Morgan fingerprint density at radius 3 is 2.41 bits per heavy atom. The number of hydrogen-bond donors (Lipinski definition) is 1. The fourth-order valence-corrected chi connectivity index (χ4v) is 2.30. The molecule has 0 aliphatic rings. The van der Waals surface area contributed by atoms with Gasteiger partial charge in [-0.2, -0.15) is 0 Å². The van der Waals surface area contributed by atoms with Crippen molar-refractivity contribution >= 4 is 0 Å². The second kappa shape index (κ2) is 6.80. The fraction of sp³-hybridized carbons (Fsp3) is 0.625. The van der Waals surface area contributed by atoms with Crippen molar-refractivity contribution in [3.8, 4) is 0 Å². The Hall–Kier alpha value is -0.820. The van der Waals surface area contributed by atoms with Crippen LogP contribution in [0.25, 0.3) is 0 Å². The van der Waals surface area contributed by atoms with Gasteiger partial charge in [-0.25, -0.2) is 0 Å². The van der Waals surface area contributed by atoms with Crippen LogP contribution in [0.15, 0.2) is 18.2 Å². The molecule has 2 N–H and O–H groups in total. The summed E-state index contributed by atoms with van der Waals surface area (Å²) in [5, 5.41) is 0. The average Bonchev–Trinajstić information content (AvgIpc) is 2.29. The molecule has 0 heterocycles. The van der Waals surface area contributed by atoms with Gasteiger partial charge in [0.15, 0.2) is 0 Å². The minimum absolute atomic E-state index is 0.616. The maximum absolute atomic E-state index is 5.55. The normalized spacial score (nSPS) is 13.1. The van der Waals surface area contributed by atoms with Crippen LogP contribution in [0.5, 0.6) is 0 Å². The Labute approximate surface area is 106 Å². The average molecular weight is 233 g/mol. The Kier molecular flexibility index (Phi) is 5.70. The molecule has 0 radical (unpaired) electrons. The lowest BCUT2D eigenvalue weighted by atomic mass is 9.88. The highest BCUT2D eigenvalue weighted by Crippen LogP contribution is 2.27. The van der Waals surface area contributed by atoms with Gasteiger partial charge in [-0.1, -0.05) is 45.4 Å². The lowest BCUT2D eigenvalue weighted by molar-refractivity contribution is 0.606. The van der Waals surface area contributed by atoms with Crippen LogP contribution in [0, 0.1) is 6.92 Å². The summed E-state index contributed by atoms with van der Waals surface area (Å²) in [6.07, 6.45) is 3.63. The summed E-state index contributed by atoms with van der Waals surface area (Å²) >= 11 is 0. The lowest BCUT2D eigenvalue weighted by Crippen LogP contribution is -2.02. The molecule has 1 atom stereocenters. The zero-order chi connectivity index (χ0) is 12.8. The third-order valence-corrected chi connectivity index (χ3v) is 3.59. The van der Waals surface area contributed by atoms with Crippen LogP contribution in [0.2, 0.25) is 0 Å². The fourth-order valence-electron chi connectivity index (χ4n) is 2.30. The van der Waals surface area contributed by atoms with Gasteiger partial charge in [-0.3, -0.25) is 0 Å².